The van der Waals surface area contributed by atoms with Gasteiger partial charge >= 0.3 is 0 Å². The predicted molar refractivity (Wildman–Crippen MR) is 85.6 cm³/mol. The first-order chi connectivity index (χ1) is 11.8. The topological polar surface area (TPSA) is 121 Å². The Morgan fingerprint density at radius 2 is 1.04 bits per heavy atom. The Morgan fingerprint density at radius 1 is 0.667 bits per heavy atom. The Kier molecular flexibility index (Phi) is 3.58. The number of pyridine rings is 2. The average Bonchev–Trinajstić information content (AvgIpc) is 2.65. The van der Waals surface area contributed by atoms with Crippen LogP contribution in [0, 0.1) is 45.3 Å². The molecule has 0 atom stereocenters. The molecular weight excluding hydrogens is 300 g/mol. The van der Waals surface area contributed by atoms with E-state index in [1.165, 1.54) is 0 Å². The smallest absolute Gasteiger partial charge is 0.138 e. The lowest BCUT2D eigenvalue weighted by molar-refractivity contribution is 1.36. The largest absolute Gasteiger partial charge is 0.254 e. The minimum Gasteiger partial charge on any atom is -0.254 e. The first-order valence-corrected chi connectivity index (χ1v) is 6.77. The van der Waals surface area contributed by atoms with E-state index < -0.39 is 0 Å². The normalized spacial score (nSPS) is 9.50. The molecule has 0 bridgehead atoms. The molecule has 0 saturated carbocycles. The van der Waals surface area contributed by atoms with Gasteiger partial charge in [-0.15, -0.1) is 0 Å². The summed E-state index contributed by atoms with van der Waals surface area (Å²) in [6.45, 7) is 0. The van der Waals surface area contributed by atoms with Gasteiger partial charge in [-0.25, -0.2) is 0 Å². The van der Waals surface area contributed by atoms with Crippen LogP contribution >= 0.6 is 0 Å². The summed E-state index contributed by atoms with van der Waals surface area (Å²) < 4.78 is 0. The highest BCUT2D eigenvalue weighted by Gasteiger charge is 2.13. The molecular formula is C18H6N6. The van der Waals surface area contributed by atoms with Gasteiger partial charge in [-0.1, -0.05) is 12.1 Å². The Balaban J connectivity index is 2.99. The molecule has 2 heterocycles. The van der Waals surface area contributed by atoms with Crippen molar-refractivity contribution in [1.29, 1.82) is 21.0 Å². The van der Waals surface area contributed by atoms with Crippen LogP contribution in [0.25, 0.3) is 33.0 Å². The lowest BCUT2D eigenvalue weighted by Gasteiger charge is -2.06. The molecule has 3 rings (SSSR count). The first kappa shape index (κ1) is 14.7. The second-order valence-corrected chi connectivity index (χ2v) is 4.75. The SMILES string of the molecule is N#CC(C#N)=c1c(=C(C#N)C#N)c2cccnc2c2ncccc12. The maximum atomic E-state index is 9.34. The summed E-state index contributed by atoms with van der Waals surface area (Å²) in [7, 11) is 0. The third-order valence-electron chi connectivity index (χ3n) is 3.58. The quantitative estimate of drug-likeness (QED) is 0.575. The van der Waals surface area contributed by atoms with Gasteiger partial charge in [0.1, 0.15) is 35.4 Å². The van der Waals surface area contributed by atoms with Crippen LogP contribution in [0.4, 0.5) is 0 Å². The van der Waals surface area contributed by atoms with E-state index in [9.17, 15) is 21.0 Å². The molecule has 0 aliphatic rings. The van der Waals surface area contributed by atoms with Crippen LogP contribution in [0.3, 0.4) is 0 Å². The third kappa shape index (κ3) is 2.01. The third-order valence-corrected chi connectivity index (χ3v) is 3.58. The molecule has 0 aliphatic carbocycles. The van der Waals surface area contributed by atoms with Gasteiger partial charge in [0, 0.05) is 33.6 Å². The molecule has 0 amide bonds. The van der Waals surface area contributed by atoms with Crippen LogP contribution in [-0.2, 0) is 0 Å². The lowest BCUT2D eigenvalue weighted by atomic mass is 9.99. The standard InChI is InChI=1S/C18H6N6/c19-7-11(8-20)15-13-3-1-5-23-17(13)18-14(4-2-6-24-18)16(15)12(9-21)10-22/h1-6H. The number of fused-ring (bicyclic) bond motifs is 3. The number of nitrogens with zero attached hydrogens (tertiary/aromatic N) is 6. The lowest BCUT2D eigenvalue weighted by Crippen LogP contribution is -2.31. The Bertz CT molecular complexity index is 1160. The van der Waals surface area contributed by atoms with E-state index in [4.69, 9.17) is 0 Å². The molecule has 1 aromatic carbocycles. The van der Waals surface area contributed by atoms with Crippen molar-refractivity contribution in [2.24, 2.45) is 0 Å². The maximum Gasteiger partial charge on any atom is 0.138 e. The number of nitriles is 4. The van der Waals surface area contributed by atoms with Gasteiger partial charge in [-0.3, -0.25) is 9.97 Å². The average molecular weight is 306 g/mol. The van der Waals surface area contributed by atoms with E-state index >= 15 is 0 Å². The second-order valence-electron chi connectivity index (χ2n) is 4.75. The van der Waals surface area contributed by atoms with Crippen molar-refractivity contribution in [2.45, 2.75) is 0 Å². The van der Waals surface area contributed by atoms with Crippen LogP contribution in [0.5, 0.6) is 0 Å². The number of benzene rings is 1. The van der Waals surface area contributed by atoms with Gasteiger partial charge in [0.05, 0.1) is 11.0 Å². The first-order valence-electron chi connectivity index (χ1n) is 6.77. The van der Waals surface area contributed by atoms with Crippen molar-refractivity contribution in [3.63, 3.8) is 0 Å². The van der Waals surface area contributed by atoms with Crippen molar-refractivity contribution in [3.8, 4) is 24.3 Å². The summed E-state index contributed by atoms with van der Waals surface area (Å²) in [5, 5.41) is 38.8. The minimum atomic E-state index is -0.184. The molecule has 0 fully saturated rings. The number of aromatic nitrogens is 2. The van der Waals surface area contributed by atoms with E-state index in [2.05, 4.69) is 9.97 Å². The summed E-state index contributed by atoms with van der Waals surface area (Å²) in [6, 6.07) is 14.1. The fourth-order valence-corrected chi connectivity index (χ4v) is 2.65. The fraction of sp³-hybridized carbons (Fsp3) is 0. The van der Waals surface area contributed by atoms with Crippen LogP contribution in [0.15, 0.2) is 36.7 Å². The second kappa shape index (κ2) is 5.85. The number of hydrogen-bond donors (Lipinski definition) is 0. The van der Waals surface area contributed by atoms with Crippen molar-refractivity contribution in [1.82, 2.24) is 9.97 Å². The molecule has 3 aromatic rings. The fourth-order valence-electron chi connectivity index (χ4n) is 2.65. The van der Waals surface area contributed by atoms with Crippen LogP contribution in [-0.4, -0.2) is 9.97 Å². The summed E-state index contributed by atoms with van der Waals surface area (Å²) in [6.07, 6.45) is 3.16. The molecule has 108 valence electrons. The molecule has 0 aliphatic heterocycles. The highest BCUT2D eigenvalue weighted by atomic mass is 14.7. The van der Waals surface area contributed by atoms with E-state index in [1.807, 2.05) is 24.3 Å². The molecule has 6 heteroatoms. The van der Waals surface area contributed by atoms with Crippen molar-refractivity contribution in [2.75, 3.05) is 0 Å². The maximum absolute atomic E-state index is 9.34. The Hall–Kier alpha value is -4.26. The van der Waals surface area contributed by atoms with Crippen LogP contribution < -0.4 is 10.4 Å². The zero-order valence-electron chi connectivity index (χ0n) is 12.1. The van der Waals surface area contributed by atoms with Gasteiger partial charge in [-0.05, 0) is 12.1 Å². The Labute approximate surface area is 136 Å². The molecule has 0 radical (unpaired) electrons. The molecule has 0 saturated heterocycles. The molecule has 0 unspecified atom stereocenters. The van der Waals surface area contributed by atoms with Crippen molar-refractivity contribution in [3.05, 3.63) is 47.1 Å². The summed E-state index contributed by atoms with van der Waals surface area (Å²) in [5.41, 5.74) is 0.642. The molecule has 6 nitrogen and oxygen atoms in total. The summed E-state index contributed by atoms with van der Waals surface area (Å²) >= 11 is 0. The monoisotopic (exact) mass is 306 g/mol. The molecule has 2 aromatic heterocycles. The van der Waals surface area contributed by atoms with Crippen LogP contribution in [0.2, 0.25) is 0 Å². The predicted octanol–water partition coefficient (Wildman–Crippen LogP) is 1.18. The Morgan fingerprint density at radius 3 is 1.38 bits per heavy atom. The van der Waals surface area contributed by atoms with Gasteiger partial charge in [0.15, 0.2) is 0 Å². The van der Waals surface area contributed by atoms with Crippen molar-refractivity contribution >= 4 is 33.0 Å². The highest BCUT2D eigenvalue weighted by molar-refractivity contribution is 6.06. The summed E-state index contributed by atoms with van der Waals surface area (Å²) in [5.74, 6) is 0. The van der Waals surface area contributed by atoms with Gasteiger partial charge in [0.25, 0.3) is 0 Å². The van der Waals surface area contributed by atoms with Gasteiger partial charge in [-0.2, -0.15) is 21.0 Å². The molecule has 0 N–H and O–H groups in total. The molecule has 0 spiro atoms. The van der Waals surface area contributed by atoms with E-state index in [-0.39, 0.29) is 21.6 Å². The van der Waals surface area contributed by atoms with Crippen LogP contribution in [0.1, 0.15) is 0 Å². The van der Waals surface area contributed by atoms with E-state index in [1.54, 1.807) is 36.7 Å². The highest BCUT2D eigenvalue weighted by Crippen LogP contribution is 2.16. The van der Waals surface area contributed by atoms with E-state index in [0.717, 1.165) is 0 Å². The van der Waals surface area contributed by atoms with Gasteiger partial charge in [0.2, 0.25) is 0 Å². The summed E-state index contributed by atoms with van der Waals surface area (Å²) in [4.78, 5) is 8.61. The zero-order valence-corrected chi connectivity index (χ0v) is 12.1. The zero-order chi connectivity index (χ0) is 17.1. The van der Waals surface area contributed by atoms with E-state index in [0.29, 0.717) is 21.8 Å². The minimum absolute atomic E-state index is 0.184. The number of hydrogen-bond acceptors (Lipinski definition) is 6. The molecule has 24 heavy (non-hydrogen) atoms. The van der Waals surface area contributed by atoms with Gasteiger partial charge < -0.3 is 0 Å². The van der Waals surface area contributed by atoms with Crippen molar-refractivity contribution < 1.29 is 0 Å². The number of rotatable bonds is 0.